The van der Waals surface area contributed by atoms with E-state index < -0.39 is 11.2 Å². The fourth-order valence-electron chi connectivity index (χ4n) is 0.950. The quantitative estimate of drug-likeness (QED) is 0.795. The van der Waals surface area contributed by atoms with E-state index in [2.05, 4.69) is 10.3 Å². The first kappa shape index (κ1) is 13.8. The summed E-state index contributed by atoms with van der Waals surface area (Å²) in [6, 6.07) is 1.74. The lowest BCUT2D eigenvalue weighted by Gasteiger charge is -2.17. The summed E-state index contributed by atoms with van der Waals surface area (Å²) in [6.45, 7) is 5.26. The second-order valence-electron chi connectivity index (χ2n) is 4.46. The summed E-state index contributed by atoms with van der Waals surface area (Å²) in [4.78, 5) is 15.5. The van der Waals surface area contributed by atoms with Crippen LogP contribution in [0, 0.1) is 26.1 Å². The molecule has 0 aromatic carbocycles. The van der Waals surface area contributed by atoms with Gasteiger partial charge >= 0.3 is 0 Å². The zero-order valence-electron chi connectivity index (χ0n) is 9.64. The van der Waals surface area contributed by atoms with Crippen LogP contribution in [0.3, 0.4) is 0 Å². The Hall–Kier alpha value is -1.23. The Labute approximate surface area is 112 Å². The number of nitriles is 1. The SMILES string of the molecule is CC(C)(C)C(=O)Nc1ncc(F)c(C#N)c1I. The predicted octanol–water partition coefficient (Wildman–Crippen LogP) is 2.68. The summed E-state index contributed by atoms with van der Waals surface area (Å²) < 4.78 is 13.5. The maximum absolute atomic E-state index is 13.2. The van der Waals surface area contributed by atoms with Gasteiger partial charge in [-0.2, -0.15) is 5.26 Å². The van der Waals surface area contributed by atoms with Crippen molar-refractivity contribution in [2.24, 2.45) is 5.41 Å². The van der Waals surface area contributed by atoms with Gasteiger partial charge in [-0.25, -0.2) is 9.37 Å². The molecule has 0 saturated carbocycles. The molecule has 1 N–H and O–H groups in total. The van der Waals surface area contributed by atoms with Crippen molar-refractivity contribution in [2.45, 2.75) is 20.8 Å². The number of pyridine rings is 1. The van der Waals surface area contributed by atoms with E-state index in [0.717, 1.165) is 6.20 Å². The predicted molar refractivity (Wildman–Crippen MR) is 69.7 cm³/mol. The van der Waals surface area contributed by atoms with E-state index in [1.807, 2.05) is 0 Å². The Balaban J connectivity index is 3.11. The highest BCUT2D eigenvalue weighted by molar-refractivity contribution is 14.1. The van der Waals surface area contributed by atoms with Gasteiger partial charge in [0.2, 0.25) is 5.91 Å². The van der Waals surface area contributed by atoms with Crippen LogP contribution in [0.4, 0.5) is 10.2 Å². The van der Waals surface area contributed by atoms with Crippen LogP contribution >= 0.6 is 22.6 Å². The van der Waals surface area contributed by atoms with Crippen molar-refractivity contribution in [3.05, 3.63) is 21.1 Å². The molecular weight excluding hydrogens is 336 g/mol. The van der Waals surface area contributed by atoms with E-state index in [1.165, 1.54) is 0 Å². The van der Waals surface area contributed by atoms with Crippen LogP contribution in [0.2, 0.25) is 0 Å². The molecule has 6 heteroatoms. The molecule has 0 aliphatic rings. The highest BCUT2D eigenvalue weighted by Crippen LogP contribution is 2.23. The van der Waals surface area contributed by atoms with Crippen LogP contribution < -0.4 is 5.32 Å². The van der Waals surface area contributed by atoms with E-state index in [-0.39, 0.29) is 17.3 Å². The molecule has 0 atom stereocenters. The van der Waals surface area contributed by atoms with Gasteiger partial charge in [-0.15, -0.1) is 0 Å². The number of nitrogens with zero attached hydrogens (tertiary/aromatic N) is 2. The van der Waals surface area contributed by atoms with Gasteiger partial charge in [-0.05, 0) is 22.6 Å². The van der Waals surface area contributed by atoms with E-state index in [1.54, 1.807) is 49.4 Å². The summed E-state index contributed by atoms with van der Waals surface area (Å²) >= 11 is 1.79. The van der Waals surface area contributed by atoms with E-state index in [0.29, 0.717) is 3.57 Å². The third-order valence-electron chi connectivity index (χ3n) is 2.00. The zero-order valence-corrected chi connectivity index (χ0v) is 11.8. The van der Waals surface area contributed by atoms with Gasteiger partial charge in [-0.1, -0.05) is 20.8 Å². The van der Waals surface area contributed by atoms with Crippen molar-refractivity contribution in [1.82, 2.24) is 4.98 Å². The van der Waals surface area contributed by atoms with E-state index in [9.17, 15) is 9.18 Å². The van der Waals surface area contributed by atoms with Gasteiger partial charge in [0.1, 0.15) is 17.5 Å². The van der Waals surface area contributed by atoms with Crippen LogP contribution in [0.15, 0.2) is 6.20 Å². The summed E-state index contributed by atoms with van der Waals surface area (Å²) in [5.41, 5.74) is -0.684. The minimum atomic E-state index is -0.689. The first-order valence-electron chi connectivity index (χ1n) is 4.83. The highest BCUT2D eigenvalue weighted by atomic mass is 127. The van der Waals surface area contributed by atoms with Crippen LogP contribution in [-0.2, 0) is 4.79 Å². The van der Waals surface area contributed by atoms with Crippen LogP contribution in [0.5, 0.6) is 0 Å². The van der Waals surface area contributed by atoms with Crippen molar-refractivity contribution in [3.8, 4) is 6.07 Å². The number of hydrogen-bond donors (Lipinski definition) is 1. The van der Waals surface area contributed by atoms with Crippen molar-refractivity contribution in [1.29, 1.82) is 5.26 Å². The molecule has 1 amide bonds. The molecule has 4 nitrogen and oxygen atoms in total. The van der Waals surface area contributed by atoms with Crippen molar-refractivity contribution < 1.29 is 9.18 Å². The average Bonchev–Trinajstić information content (AvgIpc) is 2.21. The van der Waals surface area contributed by atoms with E-state index in [4.69, 9.17) is 5.26 Å². The zero-order chi connectivity index (χ0) is 13.2. The number of aromatic nitrogens is 1. The first-order valence-corrected chi connectivity index (χ1v) is 5.90. The third-order valence-corrected chi connectivity index (χ3v) is 3.05. The molecule has 0 radical (unpaired) electrons. The lowest BCUT2D eigenvalue weighted by atomic mass is 9.96. The fraction of sp³-hybridized carbons (Fsp3) is 0.364. The van der Waals surface area contributed by atoms with Crippen molar-refractivity contribution in [3.63, 3.8) is 0 Å². The lowest BCUT2D eigenvalue weighted by Crippen LogP contribution is -2.28. The van der Waals surface area contributed by atoms with Gasteiger partial charge in [0.15, 0.2) is 5.82 Å². The minimum absolute atomic E-state index is 0.107. The topological polar surface area (TPSA) is 65.8 Å². The molecular formula is C11H11FIN3O. The number of hydrogen-bond acceptors (Lipinski definition) is 3. The second kappa shape index (κ2) is 4.96. The minimum Gasteiger partial charge on any atom is -0.309 e. The lowest BCUT2D eigenvalue weighted by molar-refractivity contribution is -0.123. The number of halogens is 2. The number of anilines is 1. The molecule has 0 aliphatic carbocycles. The maximum Gasteiger partial charge on any atom is 0.230 e. The van der Waals surface area contributed by atoms with Crippen LogP contribution in [0.1, 0.15) is 26.3 Å². The highest BCUT2D eigenvalue weighted by Gasteiger charge is 2.23. The Kier molecular flexibility index (Phi) is 4.03. The number of nitrogens with one attached hydrogen (secondary N) is 1. The maximum atomic E-state index is 13.2. The Morgan fingerprint density at radius 1 is 1.59 bits per heavy atom. The van der Waals surface area contributed by atoms with Gasteiger partial charge in [0.05, 0.1) is 9.77 Å². The molecule has 0 fully saturated rings. The summed E-state index contributed by atoms with van der Waals surface area (Å²) in [6.07, 6.45) is 0.930. The molecule has 1 aromatic rings. The van der Waals surface area contributed by atoms with Crippen molar-refractivity contribution >= 4 is 34.3 Å². The molecule has 0 unspecified atom stereocenters. The fourth-order valence-corrected chi connectivity index (χ4v) is 1.60. The summed E-state index contributed by atoms with van der Waals surface area (Å²) in [7, 11) is 0. The standard InChI is InChI=1S/C11H11FIN3O/c1-11(2,3)10(17)16-9-8(13)6(4-14)7(12)5-15-9/h5H,1-3H3,(H,15,16,17). The average molecular weight is 347 g/mol. The monoisotopic (exact) mass is 347 g/mol. The van der Waals surface area contributed by atoms with Gasteiger partial charge < -0.3 is 5.32 Å². The molecule has 0 aliphatic heterocycles. The Bertz CT molecular complexity index is 503. The van der Waals surface area contributed by atoms with Gasteiger partial charge in [-0.3, -0.25) is 4.79 Å². The molecule has 90 valence electrons. The van der Waals surface area contributed by atoms with Crippen LogP contribution in [-0.4, -0.2) is 10.9 Å². The summed E-state index contributed by atoms with van der Waals surface area (Å²) in [5.74, 6) is -0.715. The van der Waals surface area contributed by atoms with Gasteiger partial charge in [0, 0.05) is 5.41 Å². The third kappa shape index (κ3) is 3.12. The number of carbonyl (C=O) groups excluding carboxylic acids is 1. The molecule has 1 aromatic heterocycles. The molecule has 1 heterocycles. The number of amides is 1. The Morgan fingerprint density at radius 3 is 2.65 bits per heavy atom. The second-order valence-corrected chi connectivity index (χ2v) is 5.54. The van der Waals surface area contributed by atoms with Crippen LogP contribution in [0.25, 0.3) is 0 Å². The smallest absolute Gasteiger partial charge is 0.230 e. The Morgan fingerprint density at radius 2 is 2.18 bits per heavy atom. The molecule has 17 heavy (non-hydrogen) atoms. The normalized spacial score (nSPS) is 10.8. The van der Waals surface area contributed by atoms with E-state index >= 15 is 0 Å². The number of rotatable bonds is 1. The largest absolute Gasteiger partial charge is 0.309 e. The van der Waals surface area contributed by atoms with Crippen molar-refractivity contribution in [2.75, 3.05) is 5.32 Å². The molecule has 1 rings (SSSR count). The van der Waals surface area contributed by atoms with Gasteiger partial charge in [0.25, 0.3) is 0 Å². The number of carbonyl (C=O) groups is 1. The molecule has 0 saturated heterocycles. The molecule has 0 bridgehead atoms. The summed E-state index contributed by atoms with van der Waals surface area (Å²) in [5, 5.41) is 11.4. The molecule has 0 spiro atoms. The first-order chi connectivity index (χ1) is 7.77.